The highest BCUT2D eigenvalue weighted by atomic mass is 35.5. The van der Waals surface area contributed by atoms with Crippen LogP contribution in [0.25, 0.3) is 0 Å². The molecular weight excluding hydrogens is 356 g/mol. The topological polar surface area (TPSA) is 130 Å². The van der Waals surface area contributed by atoms with Crippen molar-refractivity contribution in [2.75, 3.05) is 19.3 Å². The molecule has 2 amide bonds. The fourth-order valence-corrected chi connectivity index (χ4v) is 3.47. The molecule has 142 valence electrons. The van der Waals surface area contributed by atoms with Crippen LogP contribution in [0.2, 0.25) is 0 Å². The molecule has 1 rings (SSSR count). The second-order valence-electron chi connectivity index (χ2n) is 6.48. The smallest absolute Gasteiger partial charge is 0.239 e. The van der Waals surface area contributed by atoms with E-state index in [1.807, 2.05) is 13.8 Å². The summed E-state index contributed by atoms with van der Waals surface area (Å²) in [5.41, 5.74) is 5.69. The summed E-state index contributed by atoms with van der Waals surface area (Å²) in [6, 6.07) is -0.782. The Bertz CT molecular complexity index is 527. The molecule has 0 bridgehead atoms. The third-order valence-corrected chi connectivity index (χ3v) is 4.76. The van der Waals surface area contributed by atoms with Crippen molar-refractivity contribution >= 4 is 34.2 Å². The van der Waals surface area contributed by atoms with E-state index in [1.165, 1.54) is 0 Å². The van der Waals surface area contributed by atoms with Crippen LogP contribution in [0.5, 0.6) is 0 Å². The van der Waals surface area contributed by atoms with E-state index in [-0.39, 0.29) is 48.6 Å². The SMILES string of the molecule is CC(C)[C@H](N)C(=O)NCC(=O)NCC1CCCC1NS(C)(=O)=O.Cl. The summed E-state index contributed by atoms with van der Waals surface area (Å²) in [6.07, 6.45) is 3.69. The number of halogens is 1. The summed E-state index contributed by atoms with van der Waals surface area (Å²) < 4.78 is 25.2. The van der Waals surface area contributed by atoms with Gasteiger partial charge in [-0.2, -0.15) is 0 Å². The number of nitrogens with one attached hydrogen (secondary N) is 3. The van der Waals surface area contributed by atoms with E-state index in [4.69, 9.17) is 5.73 Å². The number of sulfonamides is 1. The minimum Gasteiger partial charge on any atom is -0.354 e. The zero-order chi connectivity index (χ0) is 17.6. The lowest BCUT2D eigenvalue weighted by molar-refractivity contribution is -0.127. The molecule has 1 fully saturated rings. The van der Waals surface area contributed by atoms with Gasteiger partial charge in [-0.1, -0.05) is 20.3 Å². The summed E-state index contributed by atoms with van der Waals surface area (Å²) in [5.74, 6) is -0.589. The lowest BCUT2D eigenvalue weighted by Gasteiger charge is -2.20. The Morgan fingerprint density at radius 1 is 1.21 bits per heavy atom. The second-order valence-corrected chi connectivity index (χ2v) is 8.26. The van der Waals surface area contributed by atoms with Crippen LogP contribution in [0, 0.1) is 11.8 Å². The molecule has 0 aromatic carbocycles. The molecule has 0 aromatic rings. The highest BCUT2D eigenvalue weighted by Crippen LogP contribution is 2.25. The molecule has 0 saturated heterocycles. The first-order chi connectivity index (χ1) is 10.6. The average Bonchev–Trinajstić information content (AvgIpc) is 2.86. The molecular formula is C14H29ClN4O4S. The molecule has 1 saturated carbocycles. The van der Waals surface area contributed by atoms with E-state index >= 15 is 0 Å². The van der Waals surface area contributed by atoms with Crippen molar-refractivity contribution in [3.63, 3.8) is 0 Å². The predicted octanol–water partition coefficient (Wildman–Crippen LogP) is -0.658. The highest BCUT2D eigenvalue weighted by molar-refractivity contribution is 7.88. The highest BCUT2D eigenvalue weighted by Gasteiger charge is 2.29. The third kappa shape index (κ3) is 8.27. The van der Waals surface area contributed by atoms with Crippen LogP contribution in [0.4, 0.5) is 0 Å². The molecule has 0 heterocycles. The molecule has 0 aliphatic heterocycles. The molecule has 1 aliphatic carbocycles. The van der Waals surface area contributed by atoms with E-state index in [0.717, 1.165) is 25.5 Å². The first-order valence-electron chi connectivity index (χ1n) is 7.87. The zero-order valence-electron chi connectivity index (χ0n) is 14.4. The van der Waals surface area contributed by atoms with Crippen LogP contribution in [-0.2, 0) is 19.6 Å². The number of rotatable bonds is 8. The summed E-state index contributed by atoms with van der Waals surface area (Å²) in [4.78, 5) is 23.4. The van der Waals surface area contributed by atoms with Gasteiger partial charge in [-0.3, -0.25) is 9.59 Å². The van der Waals surface area contributed by atoms with Crippen molar-refractivity contribution in [2.45, 2.75) is 45.2 Å². The van der Waals surface area contributed by atoms with Gasteiger partial charge in [0.2, 0.25) is 21.8 Å². The molecule has 0 spiro atoms. The molecule has 2 unspecified atom stereocenters. The average molecular weight is 385 g/mol. The maximum Gasteiger partial charge on any atom is 0.239 e. The minimum absolute atomic E-state index is 0. The fraction of sp³-hybridized carbons (Fsp3) is 0.857. The minimum atomic E-state index is -3.25. The zero-order valence-corrected chi connectivity index (χ0v) is 16.0. The first-order valence-corrected chi connectivity index (χ1v) is 9.76. The Labute approximate surface area is 150 Å². The number of hydrogen-bond donors (Lipinski definition) is 4. The van der Waals surface area contributed by atoms with Gasteiger partial charge in [-0.05, 0) is 24.7 Å². The van der Waals surface area contributed by atoms with Crippen LogP contribution in [0.15, 0.2) is 0 Å². The van der Waals surface area contributed by atoms with Gasteiger partial charge in [0.15, 0.2) is 0 Å². The summed E-state index contributed by atoms with van der Waals surface area (Å²) in [6.45, 7) is 3.92. The van der Waals surface area contributed by atoms with Crippen molar-refractivity contribution < 1.29 is 18.0 Å². The van der Waals surface area contributed by atoms with Gasteiger partial charge in [0.1, 0.15) is 0 Å². The lowest BCUT2D eigenvalue weighted by Crippen LogP contribution is -2.48. The van der Waals surface area contributed by atoms with E-state index < -0.39 is 16.1 Å². The Hall–Kier alpha value is -0.900. The van der Waals surface area contributed by atoms with Crippen LogP contribution < -0.4 is 21.1 Å². The van der Waals surface area contributed by atoms with Gasteiger partial charge in [0.25, 0.3) is 0 Å². The first kappa shape index (κ1) is 23.1. The lowest BCUT2D eigenvalue weighted by atomic mass is 10.0. The second kappa shape index (κ2) is 10.2. The maximum atomic E-state index is 11.8. The third-order valence-electron chi connectivity index (χ3n) is 4.03. The van der Waals surface area contributed by atoms with Crippen LogP contribution >= 0.6 is 12.4 Å². The van der Waals surface area contributed by atoms with Crippen molar-refractivity contribution in [1.82, 2.24) is 15.4 Å². The van der Waals surface area contributed by atoms with Crippen LogP contribution in [0.3, 0.4) is 0 Å². The number of hydrogen-bond acceptors (Lipinski definition) is 5. The van der Waals surface area contributed by atoms with Crippen molar-refractivity contribution in [2.24, 2.45) is 17.6 Å². The fourth-order valence-electron chi connectivity index (χ4n) is 2.61. The van der Waals surface area contributed by atoms with Crippen molar-refractivity contribution in [3.05, 3.63) is 0 Å². The Morgan fingerprint density at radius 2 is 1.83 bits per heavy atom. The molecule has 8 nitrogen and oxygen atoms in total. The molecule has 5 N–H and O–H groups in total. The van der Waals surface area contributed by atoms with E-state index in [9.17, 15) is 18.0 Å². The van der Waals surface area contributed by atoms with Gasteiger partial charge in [-0.25, -0.2) is 13.1 Å². The number of carbonyl (C=O) groups excluding carboxylic acids is 2. The summed E-state index contributed by atoms with van der Waals surface area (Å²) in [5, 5.41) is 5.24. The van der Waals surface area contributed by atoms with Gasteiger partial charge in [-0.15, -0.1) is 12.4 Å². The van der Waals surface area contributed by atoms with E-state index in [0.29, 0.717) is 6.54 Å². The normalized spacial score (nSPS) is 21.9. The predicted molar refractivity (Wildman–Crippen MR) is 95.2 cm³/mol. The van der Waals surface area contributed by atoms with Crippen LogP contribution in [0.1, 0.15) is 33.1 Å². The summed E-state index contributed by atoms with van der Waals surface area (Å²) in [7, 11) is -3.25. The largest absolute Gasteiger partial charge is 0.354 e. The molecule has 0 aromatic heterocycles. The van der Waals surface area contributed by atoms with Gasteiger partial charge in [0, 0.05) is 12.6 Å². The van der Waals surface area contributed by atoms with Gasteiger partial charge >= 0.3 is 0 Å². The molecule has 0 radical (unpaired) electrons. The monoisotopic (exact) mass is 384 g/mol. The number of nitrogens with two attached hydrogens (primary N) is 1. The molecule has 24 heavy (non-hydrogen) atoms. The number of carbonyl (C=O) groups is 2. The van der Waals surface area contributed by atoms with Crippen LogP contribution in [-0.4, -0.2) is 51.7 Å². The standard InChI is InChI=1S/C14H28N4O4S.ClH/c1-9(2)13(15)14(20)17-8-12(19)16-7-10-5-4-6-11(10)18-23(3,21)22;/h9-11,13,18H,4-8,15H2,1-3H3,(H,16,19)(H,17,20);1H/t10?,11?,13-;/m0./s1. The van der Waals surface area contributed by atoms with Crippen molar-refractivity contribution in [1.29, 1.82) is 0 Å². The van der Waals surface area contributed by atoms with Crippen molar-refractivity contribution in [3.8, 4) is 0 Å². The quantitative estimate of drug-likeness (QED) is 0.441. The maximum absolute atomic E-state index is 11.8. The molecule has 10 heteroatoms. The van der Waals surface area contributed by atoms with Gasteiger partial charge in [0.05, 0.1) is 18.8 Å². The summed E-state index contributed by atoms with van der Waals surface area (Å²) >= 11 is 0. The van der Waals surface area contributed by atoms with E-state index in [2.05, 4.69) is 15.4 Å². The van der Waals surface area contributed by atoms with E-state index in [1.54, 1.807) is 0 Å². The number of amides is 2. The Kier molecular flexibility index (Phi) is 9.79. The Morgan fingerprint density at radius 3 is 2.38 bits per heavy atom. The molecule has 3 atom stereocenters. The molecule has 1 aliphatic rings. The van der Waals surface area contributed by atoms with Gasteiger partial charge < -0.3 is 16.4 Å². The Balaban J connectivity index is 0.00000529.